The third-order valence-corrected chi connectivity index (χ3v) is 5.21. The Morgan fingerprint density at radius 1 is 1.17 bits per heavy atom. The lowest BCUT2D eigenvalue weighted by Gasteiger charge is -2.25. The van der Waals surface area contributed by atoms with Crippen LogP contribution in [0.1, 0.15) is 50.8 Å². The first kappa shape index (κ1) is 21.9. The Balaban J connectivity index is 2.14. The van der Waals surface area contributed by atoms with E-state index in [0.717, 1.165) is 18.4 Å². The van der Waals surface area contributed by atoms with E-state index >= 15 is 0 Å². The molecule has 0 radical (unpaired) electrons. The standard InChI is InChI=1S/C24H26ClNO4/c1-4-5-13-26-21(17-7-6-8-19(14-17)30-15(2)3)20(23(28)24(26)29)22(27)16-9-11-18(25)12-10-16/h6-12,14-15,21,27H,4-5,13H2,1-3H3/b22-20-. The molecule has 6 heteroatoms. The first-order valence-electron chi connectivity index (χ1n) is 10.1. The Hall–Kier alpha value is -2.79. The topological polar surface area (TPSA) is 66.8 Å². The van der Waals surface area contributed by atoms with Crippen LogP contribution in [-0.4, -0.2) is 34.3 Å². The van der Waals surface area contributed by atoms with Crippen molar-refractivity contribution in [2.75, 3.05) is 6.54 Å². The van der Waals surface area contributed by atoms with Crippen molar-refractivity contribution in [1.82, 2.24) is 4.90 Å². The summed E-state index contributed by atoms with van der Waals surface area (Å²) < 4.78 is 5.80. The van der Waals surface area contributed by atoms with E-state index in [9.17, 15) is 14.7 Å². The van der Waals surface area contributed by atoms with E-state index in [1.165, 1.54) is 0 Å². The number of amides is 1. The number of carbonyl (C=O) groups is 2. The van der Waals surface area contributed by atoms with Gasteiger partial charge in [-0.3, -0.25) is 9.59 Å². The quantitative estimate of drug-likeness (QED) is 0.367. The van der Waals surface area contributed by atoms with Gasteiger partial charge in [0.1, 0.15) is 11.5 Å². The minimum Gasteiger partial charge on any atom is -0.507 e. The average molecular weight is 428 g/mol. The minimum absolute atomic E-state index is 0.0132. The number of aliphatic hydroxyl groups is 1. The molecule has 1 fully saturated rings. The Labute approximate surface area is 181 Å². The molecule has 1 saturated heterocycles. The van der Waals surface area contributed by atoms with Gasteiger partial charge in [0.15, 0.2) is 0 Å². The molecular weight excluding hydrogens is 402 g/mol. The minimum atomic E-state index is -0.682. The van der Waals surface area contributed by atoms with Crippen molar-refractivity contribution in [1.29, 1.82) is 0 Å². The SMILES string of the molecule is CCCCN1C(=O)C(=O)/C(=C(\O)c2ccc(Cl)cc2)C1c1cccc(OC(C)C)c1. The number of ether oxygens (including phenoxy) is 1. The zero-order chi connectivity index (χ0) is 21.8. The van der Waals surface area contributed by atoms with Crippen LogP contribution in [0.3, 0.4) is 0 Å². The van der Waals surface area contributed by atoms with Crippen LogP contribution in [0.25, 0.3) is 5.76 Å². The van der Waals surface area contributed by atoms with Gasteiger partial charge >= 0.3 is 0 Å². The van der Waals surface area contributed by atoms with Crippen LogP contribution in [-0.2, 0) is 9.59 Å². The summed E-state index contributed by atoms with van der Waals surface area (Å²) in [6.45, 7) is 6.32. The van der Waals surface area contributed by atoms with Crippen LogP contribution in [0.15, 0.2) is 54.1 Å². The van der Waals surface area contributed by atoms with Crippen molar-refractivity contribution in [3.8, 4) is 5.75 Å². The number of carbonyl (C=O) groups excluding carboxylic acids is 2. The highest BCUT2D eigenvalue weighted by molar-refractivity contribution is 6.46. The summed E-state index contributed by atoms with van der Waals surface area (Å²) in [6, 6.07) is 13.2. The molecule has 5 nitrogen and oxygen atoms in total. The van der Waals surface area contributed by atoms with E-state index in [-0.39, 0.29) is 17.4 Å². The maximum absolute atomic E-state index is 12.9. The number of halogens is 1. The first-order valence-corrected chi connectivity index (χ1v) is 10.5. The number of hydrogen-bond acceptors (Lipinski definition) is 4. The Morgan fingerprint density at radius 2 is 1.87 bits per heavy atom. The molecule has 0 aromatic heterocycles. The summed E-state index contributed by atoms with van der Waals surface area (Å²) in [6.07, 6.45) is 1.62. The summed E-state index contributed by atoms with van der Waals surface area (Å²) in [4.78, 5) is 27.3. The fourth-order valence-electron chi connectivity index (χ4n) is 3.58. The lowest BCUT2D eigenvalue weighted by atomic mass is 9.95. The number of benzene rings is 2. The summed E-state index contributed by atoms with van der Waals surface area (Å²) in [7, 11) is 0. The van der Waals surface area contributed by atoms with Crippen LogP contribution in [0, 0.1) is 0 Å². The van der Waals surface area contributed by atoms with Gasteiger partial charge in [0.25, 0.3) is 11.7 Å². The number of nitrogens with zero attached hydrogens (tertiary/aromatic N) is 1. The summed E-state index contributed by atoms with van der Waals surface area (Å²) >= 11 is 5.95. The molecule has 1 heterocycles. The van der Waals surface area contributed by atoms with E-state index < -0.39 is 17.7 Å². The monoisotopic (exact) mass is 427 g/mol. The normalized spacial score (nSPS) is 18.3. The van der Waals surface area contributed by atoms with Gasteiger partial charge in [-0.05, 0) is 62.2 Å². The number of hydrogen-bond donors (Lipinski definition) is 1. The van der Waals surface area contributed by atoms with Crippen LogP contribution in [0.2, 0.25) is 5.02 Å². The second-order valence-electron chi connectivity index (χ2n) is 7.59. The molecule has 0 aliphatic carbocycles. The van der Waals surface area contributed by atoms with E-state index in [1.54, 1.807) is 29.2 Å². The third kappa shape index (κ3) is 4.51. The number of ketones is 1. The number of unbranched alkanes of at least 4 members (excludes halogenated alkanes) is 1. The van der Waals surface area contributed by atoms with E-state index in [2.05, 4.69) is 0 Å². The van der Waals surface area contributed by atoms with E-state index in [0.29, 0.717) is 22.9 Å². The number of Topliss-reactive ketones (excluding diaryl/α,β-unsaturated/α-hetero) is 1. The maximum Gasteiger partial charge on any atom is 0.295 e. The van der Waals surface area contributed by atoms with Crippen molar-refractivity contribution in [3.05, 3.63) is 70.3 Å². The molecular formula is C24H26ClNO4. The molecule has 30 heavy (non-hydrogen) atoms. The molecule has 2 aromatic carbocycles. The third-order valence-electron chi connectivity index (χ3n) is 4.96. The lowest BCUT2D eigenvalue weighted by molar-refractivity contribution is -0.139. The highest BCUT2D eigenvalue weighted by Crippen LogP contribution is 2.40. The second-order valence-corrected chi connectivity index (χ2v) is 8.03. The van der Waals surface area contributed by atoms with Gasteiger partial charge in [0.2, 0.25) is 0 Å². The van der Waals surface area contributed by atoms with Crippen LogP contribution >= 0.6 is 11.6 Å². The van der Waals surface area contributed by atoms with E-state index in [1.807, 2.05) is 45.0 Å². The van der Waals surface area contributed by atoms with Crippen LogP contribution in [0.4, 0.5) is 0 Å². The summed E-state index contributed by atoms with van der Waals surface area (Å²) in [5.41, 5.74) is 1.24. The predicted molar refractivity (Wildman–Crippen MR) is 118 cm³/mol. The highest BCUT2D eigenvalue weighted by Gasteiger charge is 2.45. The molecule has 0 saturated carbocycles. The van der Waals surface area contributed by atoms with Gasteiger partial charge in [-0.2, -0.15) is 0 Å². The second kappa shape index (κ2) is 9.35. The van der Waals surface area contributed by atoms with Crippen molar-refractivity contribution >= 4 is 29.1 Å². The molecule has 0 spiro atoms. The number of rotatable bonds is 7. The molecule has 1 atom stereocenters. The van der Waals surface area contributed by atoms with Crippen molar-refractivity contribution in [2.45, 2.75) is 45.8 Å². The van der Waals surface area contributed by atoms with Crippen molar-refractivity contribution in [3.63, 3.8) is 0 Å². The highest BCUT2D eigenvalue weighted by atomic mass is 35.5. The molecule has 1 aliphatic heterocycles. The fraction of sp³-hybridized carbons (Fsp3) is 0.333. The molecule has 1 N–H and O–H groups in total. The molecule has 1 amide bonds. The average Bonchev–Trinajstić information content (AvgIpc) is 2.96. The van der Waals surface area contributed by atoms with Gasteiger partial charge in [-0.25, -0.2) is 0 Å². The van der Waals surface area contributed by atoms with Gasteiger partial charge in [-0.1, -0.05) is 37.1 Å². The van der Waals surface area contributed by atoms with Gasteiger partial charge < -0.3 is 14.7 Å². The molecule has 2 aromatic rings. The predicted octanol–water partition coefficient (Wildman–Crippen LogP) is 5.35. The Bertz CT molecular complexity index is 965. The Kier molecular flexibility index (Phi) is 6.83. The molecule has 3 rings (SSSR count). The van der Waals surface area contributed by atoms with Crippen LogP contribution in [0.5, 0.6) is 5.75 Å². The molecule has 158 valence electrons. The Morgan fingerprint density at radius 3 is 2.50 bits per heavy atom. The largest absolute Gasteiger partial charge is 0.507 e. The molecule has 0 bridgehead atoms. The summed E-state index contributed by atoms with van der Waals surface area (Å²) in [5.74, 6) is -0.836. The lowest BCUT2D eigenvalue weighted by Crippen LogP contribution is -2.30. The van der Waals surface area contributed by atoms with Gasteiger partial charge in [0.05, 0.1) is 17.7 Å². The maximum atomic E-state index is 12.9. The number of likely N-dealkylation sites (tertiary alicyclic amines) is 1. The smallest absolute Gasteiger partial charge is 0.295 e. The zero-order valence-electron chi connectivity index (χ0n) is 17.4. The zero-order valence-corrected chi connectivity index (χ0v) is 18.1. The van der Waals surface area contributed by atoms with Crippen molar-refractivity contribution in [2.24, 2.45) is 0 Å². The fourth-order valence-corrected chi connectivity index (χ4v) is 3.71. The van der Waals surface area contributed by atoms with E-state index in [4.69, 9.17) is 16.3 Å². The number of aliphatic hydroxyl groups excluding tert-OH is 1. The first-order chi connectivity index (χ1) is 14.3. The van der Waals surface area contributed by atoms with Crippen molar-refractivity contribution < 1.29 is 19.4 Å². The van der Waals surface area contributed by atoms with Gasteiger partial charge in [0, 0.05) is 17.1 Å². The molecule has 1 unspecified atom stereocenters. The molecule has 1 aliphatic rings. The van der Waals surface area contributed by atoms with Crippen LogP contribution < -0.4 is 4.74 Å². The summed E-state index contributed by atoms with van der Waals surface area (Å²) in [5, 5.41) is 11.5. The van der Waals surface area contributed by atoms with Gasteiger partial charge in [-0.15, -0.1) is 0 Å².